The normalized spacial score (nSPS) is 14.3. The second kappa shape index (κ2) is 5.99. The van der Waals surface area contributed by atoms with Crippen LogP contribution in [0, 0.1) is 0 Å². The number of hydrogen-bond donors (Lipinski definition) is 0. The average Bonchev–Trinajstić information content (AvgIpc) is 2.53. The van der Waals surface area contributed by atoms with E-state index < -0.39 is 5.60 Å². The van der Waals surface area contributed by atoms with Crippen molar-refractivity contribution in [1.82, 2.24) is 14.9 Å². The number of amides is 1. The fourth-order valence-electron chi connectivity index (χ4n) is 2.52. The Morgan fingerprint density at radius 1 is 1.22 bits per heavy atom. The molecule has 1 amide bonds. The number of aromatic nitrogens is 2. The van der Waals surface area contributed by atoms with Gasteiger partial charge in [0.2, 0.25) is 0 Å². The molecule has 0 radical (unpaired) electrons. The van der Waals surface area contributed by atoms with Gasteiger partial charge in [-0.15, -0.1) is 0 Å². The molecular weight excluding hydrogens is 290 g/mol. The zero-order chi connectivity index (χ0) is 16.4. The smallest absolute Gasteiger partial charge is 0.410 e. The van der Waals surface area contributed by atoms with Gasteiger partial charge in [0.05, 0.1) is 12.2 Å². The van der Waals surface area contributed by atoms with Crippen LogP contribution < -0.4 is 0 Å². The van der Waals surface area contributed by atoms with Gasteiger partial charge in [-0.3, -0.25) is 0 Å². The number of ether oxygens (including phenoxy) is 1. The third kappa shape index (κ3) is 3.67. The maximum Gasteiger partial charge on any atom is 0.410 e. The van der Waals surface area contributed by atoms with E-state index in [9.17, 15) is 4.79 Å². The summed E-state index contributed by atoms with van der Waals surface area (Å²) in [6, 6.07) is 9.92. The lowest BCUT2D eigenvalue weighted by molar-refractivity contribution is 0.0222. The van der Waals surface area contributed by atoms with Crippen LogP contribution in [-0.4, -0.2) is 33.1 Å². The number of benzene rings is 1. The number of rotatable bonds is 1. The summed E-state index contributed by atoms with van der Waals surface area (Å²) in [5.41, 5.74) is 2.52. The van der Waals surface area contributed by atoms with Crippen LogP contribution in [0.15, 0.2) is 36.5 Å². The van der Waals surface area contributed by atoms with Crippen molar-refractivity contribution < 1.29 is 9.53 Å². The molecule has 0 atom stereocenters. The van der Waals surface area contributed by atoms with Gasteiger partial charge >= 0.3 is 6.09 Å². The van der Waals surface area contributed by atoms with Gasteiger partial charge in [-0.25, -0.2) is 14.8 Å². The van der Waals surface area contributed by atoms with Crippen LogP contribution in [0.4, 0.5) is 4.79 Å². The van der Waals surface area contributed by atoms with Gasteiger partial charge < -0.3 is 9.64 Å². The summed E-state index contributed by atoms with van der Waals surface area (Å²) < 4.78 is 5.43. The topological polar surface area (TPSA) is 55.3 Å². The van der Waals surface area contributed by atoms with Crippen LogP contribution in [0.1, 0.15) is 32.0 Å². The highest BCUT2D eigenvalue weighted by molar-refractivity contribution is 5.68. The highest BCUT2D eigenvalue weighted by Crippen LogP contribution is 2.22. The molecule has 5 nitrogen and oxygen atoms in total. The van der Waals surface area contributed by atoms with E-state index in [1.54, 1.807) is 4.90 Å². The van der Waals surface area contributed by atoms with Gasteiger partial charge in [0.25, 0.3) is 0 Å². The molecule has 3 rings (SSSR count). The second-order valence-electron chi connectivity index (χ2n) is 6.68. The zero-order valence-corrected chi connectivity index (χ0v) is 13.7. The quantitative estimate of drug-likeness (QED) is 0.809. The Kier molecular flexibility index (Phi) is 4.03. The van der Waals surface area contributed by atoms with Crippen molar-refractivity contribution in [3.63, 3.8) is 0 Å². The van der Waals surface area contributed by atoms with Gasteiger partial charge in [-0.05, 0) is 20.8 Å². The summed E-state index contributed by atoms with van der Waals surface area (Å²) in [6.07, 6.45) is 2.26. The minimum absolute atomic E-state index is 0.282. The summed E-state index contributed by atoms with van der Waals surface area (Å²) in [5.74, 6) is 0.732. The van der Waals surface area contributed by atoms with Crippen molar-refractivity contribution in [3.8, 4) is 11.4 Å². The molecule has 5 heteroatoms. The van der Waals surface area contributed by atoms with Gasteiger partial charge in [0.1, 0.15) is 5.60 Å². The number of fused-ring (bicyclic) bond motifs is 1. The van der Waals surface area contributed by atoms with E-state index in [0.29, 0.717) is 13.1 Å². The number of nitrogens with zero attached hydrogens (tertiary/aromatic N) is 3. The SMILES string of the molecule is CC(C)(C)OC(=O)N1CCc2nc(-c3ccccc3)ncc2C1. The van der Waals surface area contributed by atoms with E-state index in [1.807, 2.05) is 57.3 Å². The first-order valence-corrected chi connectivity index (χ1v) is 7.80. The van der Waals surface area contributed by atoms with E-state index >= 15 is 0 Å². The largest absolute Gasteiger partial charge is 0.444 e. The molecule has 1 aromatic heterocycles. The molecule has 0 saturated heterocycles. The minimum Gasteiger partial charge on any atom is -0.444 e. The molecule has 2 heterocycles. The van der Waals surface area contributed by atoms with Crippen molar-refractivity contribution >= 4 is 6.09 Å². The Morgan fingerprint density at radius 3 is 2.65 bits per heavy atom. The van der Waals surface area contributed by atoms with Crippen molar-refractivity contribution in [2.45, 2.75) is 39.3 Å². The third-order valence-corrected chi connectivity index (χ3v) is 3.62. The molecule has 0 spiro atoms. The molecule has 0 N–H and O–H groups in total. The van der Waals surface area contributed by atoms with E-state index in [-0.39, 0.29) is 6.09 Å². The fourth-order valence-corrected chi connectivity index (χ4v) is 2.52. The van der Waals surface area contributed by atoms with Gasteiger partial charge in [-0.2, -0.15) is 0 Å². The van der Waals surface area contributed by atoms with Crippen LogP contribution in [0.5, 0.6) is 0 Å². The summed E-state index contributed by atoms with van der Waals surface area (Å²) in [5, 5.41) is 0. The number of carbonyl (C=O) groups is 1. The van der Waals surface area contributed by atoms with Crippen molar-refractivity contribution in [2.75, 3.05) is 6.54 Å². The summed E-state index contributed by atoms with van der Waals surface area (Å²) >= 11 is 0. The summed E-state index contributed by atoms with van der Waals surface area (Å²) in [4.78, 5) is 23.0. The molecule has 0 aliphatic carbocycles. The standard InChI is InChI=1S/C18H21N3O2/c1-18(2,3)23-17(22)21-10-9-15-14(12-21)11-19-16(20-15)13-7-5-4-6-8-13/h4-8,11H,9-10,12H2,1-3H3. The predicted molar refractivity (Wildman–Crippen MR) is 87.8 cm³/mol. The Hall–Kier alpha value is -2.43. The van der Waals surface area contributed by atoms with Crippen LogP contribution in [0.2, 0.25) is 0 Å². The van der Waals surface area contributed by atoms with Crippen LogP contribution in [-0.2, 0) is 17.7 Å². The van der Waals surface area contributed by atoms with Crippen molar-refractivity contribution in [2.24, 2.45) is 0 Å². The van der Waals surface area contributed by atoms with Gasteiger partial charge in [0.15, 0.2) is 5.82 Å². The van der Waals surface area contributed by atoms with Crippen LogP contribution >= 0.6 is 0 Å². The molecule has 1 aliphatic rings. The minimum atomic E-state index is -0.481. The summed E-state index contributed by atoms with van der Waals surface area (Å²) in [7, 11) is 0. The summed E-state index contributed by atoms with van der Waals surface area (Å²) in [6.45, 7) is 6.74. The predicted octanol–water partition coefficient (Wildman–Crippen LogP) is 3.44. The number of hydrogen-bond acceptors (Lipinski definition) is 4. The zero-order valence-electron chi connectivity index (χ0n) is 13.7. The lowest BCUT2D eigenvalue weighted by Crippen LogP contribution is -2.40. The Bertz CT molecular complexity index is 708. The lowest BCUT2D eigenvalue weighted by atomic mass is 10.1. The Balaban J connectivity index is 1.77. The maximum absolute atomic E-state index is 12.2. The molecule has 0 saturated carbocycles. The molecule has 23 heavy (non-hydrogen) atoms. The molecular formula is C18H21N3O2. The molecule has 1 aliphatic heterocycles. The molecule has 2 aromatic rings. The Labute approximate surface area is 136 Å². The van der Waals surface area contributed by atoms with E-state index in [4.69, 9.17) is 4.74 Å². The maximum atomic E-state index is 12.2. The molecule has 0 unspecified atom stereocenters. The lowest BCUT2D eigenvalue weighted by Gasteiger charge is -2.30. The second-order valence-corrected chi connectivity index (χ2v) is 6.68. The van der Waals surface area contributed by atoms with Gasteiger partial charge in [0, 0.05) is 30.3 Å². The van der Waals surface area contributed by atoms with E-state index in [2.05, 4.69) is 9.97 Å². The molecule has 0 fully saturated rings. The average molecular weight is 311 g/mol. The number of carbonyl (C=O) groups excluding carboxylic acids is 1. The highest BCUT2D eigenvalue weighted by atomic mass is 16.6. The van der Waals surface area contributed by atoms with E-state index in [1.165, 1.54) is 0 Å². The van der Waals surface area contributed by atoms with Crippen molar-refractivity contribution in [1.29, 1.82) is 0 Å². The molecule has 120 valence electrons. The highest BCUT2D eigenvalue weighted by Gasteiger charge is 2.26. The van der Waals surface area contributed by atoms with Crippen molar-refractivity contribution in [3.05, 3.63) is 47.8 Å². The molecule has 1 aromatic carbocycles. The first-order valence-electron chi connectivity index (χ1n) is 7.80. The van der Waals surface area contributed by atoms with E-state index in [0.717, 1.165) is 29.1 Å². The van der Waals surface area contributed by atoms with Gasteiger partial charge in [-0.1, -0.05) is 30.3 Å². The van der Waals surface area contributed by atoms with Crippen LogP contribution in [0.25, 0.3) is 11.4 Å². The van der Waals surface area contributed by atoms with Crippen LogP contribution in [0.3, 0.4) is 0 Å². The Morgan fingerprint density at radius 2 is 1.96 bits per heavy atom. The monoisotopic (exact) mass is 311 g/mol. The third-order valence-electron chi connectivity index (χ3n) is 3.62. The first-order chi connectivity index (χ1) is 10.9. The molecule has 0 bridgehead atoms. The first kappa shape index (κ1) is 15.5. The fraction of sp³-hybridized carbons (Fsp3) is 0.389.